The van der Waals surface area contributed by atoms with E-state index in [1.807, 2.05) is 0 Å². The summed E-state index contributed by atoms with van der Waals surface area (Å²) in [7, 11) is 0. The standard InChI is InChI=1S/C13H9ClF2N4O/c14-8-1-2-11(21-13(15)16)9(5-8)12-10(6-18-19-12)20-4-3-17-7-20/h1-7,13H,(H,18,19). The maximum Gasteiger partial charge on any atom is 0.387 e. The molecule has 5 nitrogen and oxygen atoms in total. The Morgan fingerprint density at radius 2 is 2.19 bits per heavy atom. The Kier molecular flexibility index (Phi) is 3.57. The van der Waals surface area contributed by atoms with Crippen molar-refractivity contribution in [3.05, 3.63) is 48.1 Å². The van der Waals surface area contributed by atoms with Gasteiger partial charge in [-0.25, -0.2) is 4.98 Å². The number of nitrogens with one attached hydrogen (secondary N) is 1. The van der Waals surface area contributed by atoms with Crippen molar-refractivity contribution in [3.8, 4) is 22.7 Å². The summed E-state index contributed by atoms with van der Waals surface area (Å²) in [4.78, 5) is 3.95. The van der Waals surface area contributed by atoms with E-state index in [2.05, 4.69) is 19.9 Å². The number of alkyl halides is 2. The number of nitrogens with zero attached hydrogens (tertiary/aromatic N) is 3. The van der Waals surface area contributed by atoms with Gasteiger partial charge in [0.05, 0.1) is 23.9 Å². The van der Waals surface area contributed by atoms with E-state index in [1.165, 1.54) is 18.2 Å². The summed E-state index contributed by atoms with van der Waals surface area (Å²) >= 11 is 5.95. The highest BCUT2D eigenvalue weighted by molar-refractivity contribution is 6.31. The third-order valence-corrected chi connectivity index (χ3v) is 3.06. The zero-order valence-corrected chi connectivity index (χ0v) is 11.3. The predicted molar refractivity (Wildman–Crippen MR) is 72.8 cm³/mol. The van der Waals surface area contributed by atoms with Crippen LogP contribution in [0.4, 0.5) is 8.78 Å². The molecule has 8 heteroatoms. The van der Waals surface area contributed by atoms with Crippen LogP contribution in [0.2, 0.25) is 5.02 Å². The molecule has 0 aliphatic rings. The maximum absolute atomic E-state index is 12.5. The van der Waals surface area contributed by atoms with Crippen LogP contribution in [0.15, 0.2) is 43.1 Å². The summed E-state index contributed by atoms with van der Waals surface area (Å²) in [5.74, 6) is 0.0139. The number of H-pyrrole nitrogens is 1. The Balaban J connectivity index is 2.13. The molecule has 0 amide bonds. The van der Waals surface area contributed by atoms with Crippen LogP contribution >= 0.6 is 11.6 Å². The molecule has 0 atom stereocenters. The molecule has 108 valence electrons. The molecule has 3 rings (SSSR count). The molecular weight excluding hydrogens is 302 g/mol. The number of hydrogen-bond donors (Lipinski definition) is 1. The van der Waals surface area contributed by atoms with Gasteiger partial charge in [0.25, 0.3) is 0 Å². The van der Waals surface area contributed by atoms with E-state index in [0.29, 0.717) is 22.0 Å². The minimum atomic E-state index is -2.93. The minimum Gasteiger partial charge on any atom is -0.434 e. The molecule has 1 aromatic carbocycles. The lowest BCUT2D eigenvalue weighted by molar-refractivity contribution is -0.0494. The van der Waals surface area contributed by atoms with Crippen LogP contribution in [-0.2, 0) is 0 Å². The second kappa shape index (κ2) is 5.53. The van der Waals surface area contributed by atoms with Gasteiger partial charge in [-0.3, -0.25) is 5.10 Å². The highest BCUT2D eigenvalue weighted by Crippen LogP contribution is 2.35. The van der Waals surface area contributed by atoms with Gasteiger partial charge in [0.15, 0.2) is 0 Å². The van der Waals surface area contributed by atoms with Gasteiger partial charge in [0, 0.05) is 23.0 Å². The summed E-state index contributed by atoms with van der Waals surface area (Å²) in [5.41, 5.74) is 1.55. The van der Waals surface area contributed by atoms with Crippen molar-refractivity contribution >= 4 is 11.6 Å². The van der Waals surface area contributed by atoms with Gasteiger partial charge in [-0.15, -0.1) is 0 Å². The van der Waals surface area contributed by atoms with Crippen molar-refractivity contribution in [3.63, 3.8) is 0 Å². The molecule has 1 N–H and O–H groups in total. The molecule has 0 aliphatic carbocycles. The van der Waals surface area contributed by atoms with Crippen molar-refractivity contribution in [2.24, 2.45) is 0 Å². The molecule has 0 saturated heterocycles. The summed E-state index contributed by atoms with van der Waals surface area (Å²) in [6.07, 6.45) is 6.45. The zero-order valence-electron chi connectivity index (χ0n) is 10.5. The van der Waals surface area contributed by atoms with Crippen LogP contribution in [0.3, 0.4) is 0 Å². The van der Waals surface area contributed by atoms with E-state index in [9.17, 15) is 8.78 Å². The first-order chi connectivity index (χ1) is 10.1. The van der Waals surface area contributed by atoms with Crippen molar-refractivity contribution in [1.29, 1.82) is 0 Å². The molecule has 0 saturated carbocycles. The highest BCUT2D eigenvalue weighted by Gasteiger charge is 2.17. The molecule has 0 aliphatic heterocycles. The fraction of sp³-hybridized carbons (Fsp3) is 0.0769. The van der Waals surface area contributed by atoms with Gasteiger partial charge in [-0.05, 0) is 18.2 Å². The quantitative estimate of drug-likeness (QED) is 0.802. The normalized spacial score (nSPS) is 11.0. The second-order valence-corrected chi connectivity index (χ2v) is 4.56. The van der Waals surface area contributed by atoms with Crippen LogP contribution in [0, 0.1) is 0 Å². The van der Waals surface area contributed by atoms with Gasteiger partial charge >= 0.3 is 6.61 Å². The number of aromatic nitrogens is 4. The molecule has 0 unspecified atom stereocenters. The summed E-state index contributed by atoms with van der Waals surface area (Å²) in [5, 5.41) is 7.11. The Labute approximate surface area is 123 Å². The van der Waals surface area contributed by atoms with Crippen LogP contribution in [-0.4, -0.2) is 26.4 Å². The number of benzene rings is 1. The van der Waals surface area contributed by atoms with Crippen LogP contribution in [0.1, 0.15) is 0 Å². The second-order valence-electron chi connectivity index (χ2n) is 4.12. The lowest BCUT2D eigenvalue weighted by atomic mass is 10.1. The van der Waals surface area contributed by atoms with Crippen molar-refractivity contribution < 1.29 is 13.5 Å². The lowest BCUT2D eigenvalue weighted by Gasteiger charge is -2.11. The first-order valence-corrected chi connectivity index (χ1v) is 6.29. The Morgan fingerprint density at radius 1 is 1.33 bits per heavy atom. The van der Waals surface area contributed by atoms with Crippen LogP contribution < -0.4 is 4.74 Å². The van der Waals surface area contributed by atoms with E-state index in [4.69, 9.17) is 11.6 Å². The average Bonchev–Trinajstić information content (AvgIpc) is 3.09. The number of aromatic amines is 1. The number of hydrogen-bond acceptors (Lipinski definition) is 3. The smallest absolute Gasteiger partial charge is 0.387 e. The van der Waals surface area contributed by atoms with E-state index >= 15 is 0 Å². The topological polar surface area (TPSA) is 55.7 Å². The number of halogens is 3. The average molecular weight is 311 g/mol. The number of ether oxygens (including phenoxy) is 1. The molecule has 21 heavy (non-hydrogen) atoms. The van der Waals surface area contributed by atoms with Crippen molar-refractivity contribution in [1.82, 2.24) is 19.7 Å². The minimum absolute atomic E-state index is 0.0139. The third-order valence-electron chi connectivity index (χ3n) is 2.83. The van der Waals surface area contributed by atoms with E-state index in [0.717, 1.165) is 0 Å². The Bertz CT molecular complexity index is 742. The summed E-state index contributed by atoms with van der Waals surface area (Å²) in [6.45, 7) is -2.93. The zero-order chi connectivity index (χ0) is 14.8. The molecule has 2 aromatic heterocycles. The predicted octanol–water partition coefficient (Wildman–Crippen LogP) is 3.52. The fourth-order valence-electron chi connectivity index (χ4n) is 1.97. The van der Waals surface area contributed by atoms with E-state index in [1.54, 1.807) is 29.5 Å². The van der Waals surface area contributed by atoms with E-state index < -0.39 is 6.61 Å². The molecule has 0 bridgehead atoms. The van der Waals surface area contributed by atoms with Gasteiger partial charge in [0.2, 0.25) is 0 Å². The third kappa shape index (κ3) is 2.73. The number of imidazole rings is 1. The van der Waals surface area contributed by atoms with Gasteiger partial charge in [-0.1, -0.05) is 11.6 Å². The molecular formula is C13H9ClF2N4O. The largest absolute Gasteiger partial charge is 0.434 e. The van der Waals surface area contributed by atoms with E-state index in [-0.39, 0.29) is 5.75 Å². The fourth-order valence-corrected chi connectivity index (χ4v) is 2.14. The summed E-state index contributed by atoms with van der Waals surface area (Å²) < 4.78 is 31.3. The number of rotatable bonds is 4. The Hall–Kier alpha value is -2.41. The molecule has 0 radical (unpaired) electrons. The SMILES string of the molecule is FC(F)Oc1ccc(Cl)cc1-c1[nH]ncc1-n1ccnc1. The Morgan fingerprint density at radius 3 is 2.90 bits per heavy atom. The molecule has 2 heterocycles. The highest BCUT2D eigenvalue weighted by atomic mass is 35.5. The molecule has 0 spiro atoms. The monoisotopic (exact) mass is 310 g/mol. The van der Waals surface area contributed by atoms with Crippen molar-refractivity contribution in [2.45, 2.75) is 6.61 Å². The van der Waals surface area contributed by atoms with Gasteiger partial charge in [-0.2, -0.15) is 13.9 Å². The lowest BCUT2D eigenvalue weighted by Crippen LogP contribution is -2.04. The molecule has 0 fully saturated rings. The first kappa shape index (κ1) is 13.6. The molecule has 3 aromatic rings. The maximum atomic E-state index is 12.5. The van der Waals surface area contributed by atoms with Crippen molar-refractivity contribution in [2.75, 3.05) is 0 Å². The summed E-state index contributed by atoms with van der Waals surface area (Å²) in [6, 6.07) is 4.41. The van der Waals surface area contributed by atoms with Crippen LogP contribution in [0.25, 0.3) is 16.9 Å². The first-order valence-electron chi connectivity index (χ1n) is 5.91. The van der Waals surface area contributed by atoms with Gasteiger partial charge < -0.3 is 9.30 Å². The van der Waals surface area contributed by atoms with Crippen LogP contribution in [0.5, 0.6) is 5.75 Å². The van der Waals surface area contributed by atoms with Gasteiger partial charge in [0.1, 0.15) is 5.75 Å².